The van der Waals surface area contributed by atoms with E-state index in [9.17, 15) is 9.59 Å². The molecular formula is C16H18N2O2. The monoisotopic (exact) mass is 270 g/mol. The highest BCUT2D eigenvalue weighted by Gasteiger charge is 2.70. The van der Waals surface area contributed by atoms with Crippen LogP contribution in [0.5, 0.6) is 0 Å². The number of aliphatic imine (C=N–C) groups is 2. The number of hydrogen-bond donors (Lipinski definition) is 0. The maximum absolute atomic E-state index is 10.8. The third kappa shape index (κ3) is 1.13. The summed E-state index contributed by atoms with van der Waals surface area (Å²) < 4.78 is 0. The number of isocyanates is 2. The SMILES string of the molecule is O=C=NC12CC3C4CC5(N=C=O)CC3C(C1)C(C5)C4C2. The molecule has 20 heavy (non-hydrogen) atoms. The summed E-state index contributed by atoms with van der Waals surface area (Å²) in [6.45, 7) is 0. The lowest BCUT2D eigenvalue weighted by Crippen LogP contribution is -2.70. The van der Waals surface area contributed by atoms with Crippen LogP contribution in [0.2, 0.25) is 0 Å². The zero-order valence-corrected chi connectivity index (χ0v) is 11.4. The van der Waals surface area contributed by atoms with Gasteiger partial charge < -0.3 is 0 Å². The standard InChI is InChI=1S/C16H18N2O2/c19-7-17-15-1-9-10-4-16(18-8-20)5-11(9)13(3-15)14(6-16)12(10)2-15/h9-14H,1-6H2. The van der Waals surface area contributed by atoms with Crippen LogP contribution in [-0.4, -0.2) is 23.2 Å². The molecule has 0 aromatic carbocycles. The summed E-state index contributed by atoms with van der Waals surface area (Å²) in [4.78, 5) is 30.1. The van der Waals surface area contributed by atoms with Crippen molar-refractivity contribution in [3.8, 4) is 0 Å². The van der Waals surface area contributed by atoms with Crippen molar-refractivity contribution in [1.82, 2.24) is 0 Å². The first-order chi connectivity index (χ1) is 9.69. The van der Waals surface area contributed by atoms with Crippen LogP contribution in [0.1, 0.15) is 38.5 Å². The lowest BCUT2D eigenvalue weighted by molar-refractivity contribution is -0.214. The smallest absolute Gasteiger partial charge is 0.211 e. The minimum atomic E-state index is -0.0729. The van der Waals surface area contributed by atoms with E-state index in [4.69, 9.17) is 0 Å². The molecule has 0 amide bonds. The molecule has 4 heteroatoms. The molecule has 7 rings (SSSR count). The third-order valence-corrected chi connectivity index (χ3v) is 7.56. The fourth-order valence-electron chi connectivity index (χ4n) is 7.32. The molecule has 0 aromatic heterocycles. The summed E-state index contributed by atoms with van der Waals surface area (Å²) >= 11 is 0. The highest BCUT2D eigenvalue weighted by atomic mass is 16.1. The van der Waals surface area contributed by atoms with Crippen LogP contribution in [0.3, 0.4) is 0 Å². The Morgan fingerprint density at radius 2 is 0.850 bits per heavy atom. The number of carbonyl (C=O) groups excluding carboxylic acids is 2. The third-order valence-electron chi connectivity index (χ3n) is 7.56. The van der Waals surface area contributed by atoms with Gasteiger partial charge >= 0.3 is 0 Å². The van der Waals surface area contributed by atoms with Gasteiger partial charge in [0.2, 0.25) is 12.2 Å². The van der Waals surface area contributed by atoms with Crippen LogP contribution in [-0.2, 0) is 9.59 Å². The molecule has 0 radical (unpaired) electrons. The van der Waals surface area contributed by atoms with E-state index in [1.807, 2.05) is 12.2 Å². The largest absolute Gasteiger partial charge is 0.235 e. The van der Waals surface area contributed by atoms with Gasteiger partial charge in [-0.1, -0.05) is 0 Å². The molecule has 104 valence electrons. The van der Waals surface area contributed by atoms with Gasteiger partial charge in [0.15, 0.2) is 0 Å². The van der Waals surface area contributed by atoms with E-state index in [0.717, 1.165) is 74.0 Å². The van der Waals surface area contributed by atoms with Crippen molar-refractivity contribution in [1.29, 1.82) is 0 Å². The number of nitrogens with zero attached hydrogens (tertiary/aromatic N) is 2. The molecule has 0 unspecified atom stereocenters. The lowest BCUT2D eigenvalue weighted by atomic mass is 9.33. The Hall–Kier alpha value is -1.24. The first kappa shape index (κ1) is 11.4. The van der Waals surface area contributed by atoms with Gasteiger partial charge in [-0.05, 0) is 74.0 Å². The first-order valence-corrected chi connectivity index (χ1v) is 7.87. The molecule has 4 nitrogen and oxygen atoms in total. The van der Waals surface area contributed by atoms with Crippen LogP contribution in [0.4, 0.5) is 0 Å². The van der Waals surface area contributed by atoms with E-state index >= 15 is 0 Å². The van der Waals surface area contributed by atoms with E-state index in [-0.39, 0.29) is 11.1 Å². The van der Waals surface area contributed by atoms with Crippen molar-refractivity contribution in [3.05, 3.63) is 0 Å². The van der Waals surface area contributed by atoms with E-state index in [2.05, 4.69) is 9.98 Å². The van der Waals surface area contributed by atoms with E-state index in [1.165, 1.54) is 0 Å². The highest BCUT2D eigenvalue weighted by molar-refractivity contribution is 5.38. The van der Waals surface area contributed by atoms with Crippen molar-refractivity contribution in [2.24, 2.45) is 45.5 Å². The van der Waals surface area contributed by atoms with E-state index < -0.39 is 0 Å². The molecule has 0 saturated heterocycles. The minimum Gasteiger partial charge on any atom is -0.211 e. The van der Waals surface area contributed by atoms with Gasteiger partial charge in [0, 0.05) is 0 Å². The minimum absolute atomic E-state index is 0.0729. The average molecular weight is 270 g/mol. The molecule has 0 heterocycles. The molecule has 0 spiro atoms. The summed E-state index contributed by atoms with van der Waals surface area (Å²) in [7, 11) is 0. The van der Waals surface area contributed by atoms with Gasteiger partial charge in [0.05, 0.1) is 11.1 Å². The number of rotatable bonds is 2. The summed E-state index contributed by atoms with van der Waals surface area (Å²) in [5.41, 5.74) is -0.146. The Morgan fingerprint density at radius 1 is 0.600 bits per heavy atom. The van der Waals surface area contributed by atoms with Crippen molar-refractivity contribution in [3.63, 3.8) is 0 Å². The Balaban J connectivity index is 1.61. The zero-order valence-electron chi connectivity index (χ0n) is 11.4. The van der Waals surface area contributed by atoms with Crippen molar-refractivity contribution in [2.75, 3.05) is 0 Å². The zero-order chi connectivity index (χ0) is 13.5. The quantitative estimate of drug-likeness (QED) is 0.570. The Bertz CT molecular complexity index is 470. The topological polar surface area (TPSA) is 58.9 Å². The summed E-state index contributed by atoms with van der Waals surface area (Å²) in [5.74, 6) is 4.31. The molecule has 8 bridgehead atoms. The second kappa shape index (κ2) is 3.32. The van der Waals surface area contributed by atoms with Gasteiger partial charge in [-0.3, -0.25) is 0 Å². The van der Waals surface area contributed by atoms with E-state index in [0.29, 0.717) is 0 Å². The van der Waals surface area contributed by atoms with Crippen molar-refractivity contribution < 1.29 is 9.59 Å². The molecule has 0 aliphatic heterocycles. The second-order valence-corrected chi connectivity index (χ2v) is 8.06. The van der Waals surface area contributed by atoms with Crippen LogP contribution < -0.4 is 0 Å². The van der Waals surface area contributed by atoms with Crippen LogP contribution in [0.25, 0.3) is 0 Å². The lowest BCUT2D eigenvalue weighted by Gasteiger charge is -2.73. The predicted octanol–water partition coefficient (Wildman–Crippen LogP) is 2.24. The molecule has 7 fully saturated rings. The summed E-state index contributed by atoms with van der Waals surface area (Å²) in [6, 6.07) is 0. The maximum atomic E-state index is 10.8. The maximum Gasteiger partial charge on any atom is 0.235 e. The average Bonchev–Trinajstić information content (AvgIpc) is 2.44. The fourth-order valence-corrected chi connectivity index (χ4v) is 7.32. The van der Waals surface area contributed by atoms with Gasteiger partial charge in [0.1, 0.15) is 0 Å². The van der Waals surface area contributed by atoms with Crippen LogP contribution in [0, 0.1) is 35.5 Å². The predicted molar refractivity (Wildman–Crippen MR) is 70.3 cm³/mol. The molecule has 7 aliphatic rings. The van der Waals surface area contributed by atoms with Gasteiger partial charge in [0.25, 0.3) is 0 Å². The van der Waals surface area contributed by atoms with Gasteiger partial charge in [-0.2, -0.15) is 9.98 Å². The Morgan fingerprint density at radius 3 is 1.05 bits per heavy atom. The molecule has 0 atom stereocenters. The van der Waals surface area contributed by atoms with Crippen LogP contribution >= 0.6 is 0 Å². The Labute approximate surface area is 117 Å². The van der Waals surface area contributed by atoms with Crippen molar-refractivity contribution in [2.45, 2.75) is 49.6 Å². The second-order valence-electron chi connectivity index (χ2n) is 8.06. The van der Waals surface area contributed by atoms with E-state index in [1.54, 1.807) is 0 Å². The van der Waals surface area contributed by atoms with Crippen molar-refractivity contribution >= 4 is 12.2 Å². The summed E-state index contributed by atoms with van der Waals surface area (Å²) in [6.07, 6.45) is 10.2. The highest BCUT2D eigenvalue weighted by Crippen LogP contribution is 2.74. The Kier molecular flexibility index (Phi) is 1.90. The number of hydrogen-bond acceptors (Lipinski definition) is 4. The fraction of sp³-hybridized carbons (Fsp3) is 0.875. The molecular weight excluding hydrogens is 252 g/mol. The molecule has 0 N–H and O–H groups in total. The molecule has 7 aliphatic carbocycles. The normalized spacial score (nSPS) is 60.2. The summed E-state index contributed by atoms with van der Waals surface area (Å²) in [5, 5.41) is 0. The van der Waals surface area contributed by atoms with Gasteiger partial charge in [-0.15, -0.1) is 0 Å². The molecule has 0 aromatic rings. The molecule has 7 saturated carbocycles. The first-order valence-electron chi connectivity index (χ1n) is 7.87. The van der Waals surface area contributed by atoms with Crippen LogP contribution in [0.15, 0.2) is 9.98 Å². The van der Waals surface area contributed by atoms with Gasteiger partial charge in [-0.25, -0.2) is 9.59 Å².